The predicted molar refractivity (Wildman–Crippen MR) is 71.2 cm³/mol. The number of ether oxygens (including phenoxy) is 1. The lowest BCUT2D eigenvalue weighted by molar-refractivity contribution is 0.303. The summed E-state index contributed by atoms with van der Waals surface area (Å²) in [6.07, 6.45) is 2.19. The van der Waals surface area contributed by atoms with Crippen molar-refractivity contribution in [2.24, 2.45) is 5.14 Å². The molecule has 0 radical (unpaired) electrons. The second-order valence-electron chi connectivity index (χ2n) is 4.06. The molecule has 0 aliphatic carbocycles. The van der Waals surface area contributed by atoms with Gasteiger partial charge in [0.05, 0.1) is 11.5 Å². The Labute approximate surface area is 116 Å². The minimum atomic E-state index is -3.91. The minimum absolute atomic E-state index is 0.0201. The van der Waals surface area contributed by atoms with Gasteiger partial charge < -0.3 is 4.74 Å². The van der Waals surface area contributed by atoms with Crippen LogP contribution in [0.5, 0.6) is 5.75 Å². The maximum Gasteiger partial charge on any atom is 0.238 e. The number of aromatic nitrogens is 1. The average molecular weight is 296 g/mol. The molecule has 0 amide bonds. The molecule has 0 spiro atoms. The number of hydrogen-bond donors (Lipinski definition) is 1. The van der Waals surface area contributed by atoms with Crippen LogP contribution in [0, 0.1) is 5.82 Å². The maximum atomic E-state index is 13.6. The summed E-state index contributed by atoms with van der Waals surface area (Å²) in [7, 11) is -3.91. The topological polar surface area (TPSA) is 82.3 Å². The lowest BCUT2D eigenvalue weighted by Gasteiger charge is -2.08. The monoisotopic (exact) mass is 296 g/mol. The Morgan fingerprint density at radius 1 is 1.25 bits per heavy atom. The summed E-state index contributed by atoms with van der Waals surface area (Å²) < 4.78 is 41.0. The number of hydrogen-bond acceptors (Lipinski definition) is 4. The van der Waals surface area contributed by atoms with Crippen LogP contribution in [-0.2, 0) is 16.4 Å². The first-order valence-electron chi connectivity index (χ1n) is 5.82. The van der Waals surface area contributed by atoms with E-state index in [0.717, 1.165) is 11.8 Å². The highest BCUT2D eigenvalue weighted by Gasteiger charge is 2.12. The van der Waals surface area contributed by atoms with Crippen molar-refractivity contribution in [2.75, 3.05) is 6.61 Å². The van der Waals surface area contributed by atoms with Gasteiger partial charge in [-0.2, -0.15) is 0 Å². The van der Waals surface area contributed by atoms with Gasteiger partial charge in [-0.3, -0.25) is 4.98 Å². The van der Waals surface area contributed by atoms with E-state index in [0.29, 0.717) is 6.42 Å². The lowest BCUT2D eigenvalue weighted by Crippen LogP contribution is -2.12. The van der Waals surface area contributed by atoms with Gasteiger partial charge in [-0.25, -0.2) is 17.9 Å². The van der Waals surface area contributed by atoms with Crippen molar-refractivity contribution < 1.29 is 17.5 Å². The van der Waals surface area contributed by atoms with Gasteiger partial charge in [0.15, 0.2) is 11.6 Å². The Hall–Kier alpha value is -1.99. The van der Waals surface area contributed by atoms with Crippen LogP contribution in [0.15, 0.2) is 47.5 Å². The molecule has 0 aliphatic heterocycles. The number of nitrogens with zero attached hydrogens (tertiary/aromatic N) is 1. The summed E-state index contributed by atoms with van der Waals surface area (Å²) >= 11 is 0. The fourth-order valence-corrected chi connectivity index (χ4v) is 2.11. The van der Waals surface area contributed by atoms with E-state index in [-0.39, 0.29) is 17.3 Å². The van der Waals surface area contributed by atoms with E-state index >= 15 is 0 Å². The molecule has 1 aromatic carbocycles. The number of halogens is 1. The molecule has 0 aliphatic rings. The summed E-state index contributed by atoms with van der Waals surface area (Å²) in [5.74, 6) is -0.786. The van der Waals surface area contributed by atoms with Crippen molar-refractivity contribution >= 4 is 10.0 Å². The van der Waals surface area contributed by atoms with Gasteiger partial charge in [-0.05, 0) is 30.3 Å². The molecule has 0 atom stereocenters. The van der Waals surface area contributed by atoms with Crippen LogP contribution in [0.1, 0.15) is 5.69 Å². The van der Waals surface area contributed by atoms with Crippen molar-refractivity contribution in [3.8, 4) is 5.75 Å². The fraction of sp³-hybridized carbons (Fsp3) is 0.154. The smallest absolute Gasteiger partial charge is 0.238 e. The molecule has 0 saturated carbocycles. The summed E-state index contributed by atoms with van der Waals surface area (Å²) in [4.78, 5) is 3.82. The van der Waals surface area contributed by atoms with E-state index in [4.69, 9.17) is 9.88 Å². The highest BCUT2D eigenvalue weighted by atomic mass is 32.2. The number of benzene rings is 1. The predicted octanol–water partition coefficient (Wildman–Crippen LogP) is 1.49. The normalized spacial score (nSPS) is 11.3. The zero-order valence-corrected chi connectivity index (χ0v) is 11.3. The van der Waals surface area contributed by atoms with Gasteiger partial charge in [0.2, 0.25) is 10.0 Å². The van der Waals surface area contributed by atoms with Crippen LogP contribution in [0.4, 0.5) is 4.39 Å². The quantitative estimate of drug-likeness (QED) is 0.906. The molecular formula is C13H13FN2O3S. The molecule has 2 N–H and O–H groups in total. The number of sulfonamides is 1. The maximum absolute atomic E-state index is 13.6. The van der Waals surface area contributed by atoms with Gasteiger partial charge in [-0.15, -0.1) is 0 Å². The van der Waals surface area contributed by atoms with Crippen molar-refractivity contribution in [1.29, 1.82) is 0 Å². The molecule has 5 nitrogen and oxygen atoms in total. The third kappa shape index (κ3) is 3.75. The van der Waals surface area contributed by atoms with Gasteiger partial charge in [0.25, 0.3) is 0 Å². The van der Waals surface area contributed by atoms with Crippen LogP contribution in [0.2, 0.25) is 0 Å². The molecule has 20 heavy (non-hydrogen) atoms. The van der Waals surface area contributed by atoms with E-state index in [1.54, 1.807) is 12.3 Å². The van der Waals surface area contributed by atoms with Crippen molar-refractivity contribution in [2.45, 2.75) is 11.3 Å². The standard InChI is InChI=1S/C13H13FN2O3S/c14-12-9-11(20(15,17)18)4-5-13(12)19-8-6-10-3-1-2-7-16-10/h1-5,7,9H,6,8H2,(H2,15,17,18). The molecule has 1 heterocycles. The van der Waals surface area contributed by atoms with Crippen LogP contribution >= 0.6 is 0 Å². The van der Waals surface area contributed by atoms with Gasteiger partial charge in [0, 0.05) is 18.3 Å². The van der Waals surface area contributed by atoms with E-state index in [2.05, 4.69) is 4.98 Å². The van der Waals surface area contributed by atoms with Crippen LogP contribution in [-0.4, -0.2) is 20.0 Å². The van der Waals surface area contributed by atoms with Gasteiger partial charge in [-0.1, -0.05) is 6.07 Å². The Morgan fingerprint density at radius 3 is 2.65 bits per heavy atom. The van der Waals surface area contributed by atoms with Gasteiger partial charge >= 0.3 is 0 Å². The SMILES string of the molecule is NS(=O)(=O)c1ccc(OCCc2ccccn2)c(F)c1. The Morgan fingerprint density at radius 2 is 2.05 bits per heavy atom. The van der Waals surface area contributed by atoms with E-state index in [1.165, 1.54) is 12.1 Å². The van der Waals surface area contributed by atoms with Crippen LogP contribution in [0.3, 0.4) is 0 Å². The highest BCUT2D eigenvalue weighted by Crippen LogP contribution is 2.20. The summed E-state index contributed by atoms with van der Waals surface area (Å²) in [6, 6.07) is 8.77. The number of nitrogens with two attached hydrogens (primary N) is 1. The first-order valence-corrected chi connectivity index (χ1v) is 7.36. The van der Waals surface area contributed by atoms with Crippen molar-refractivity contribution in [3.63, 3.8) is 0 Å². The molecule has 0 bridgehead atoms. The first kappa shape index (κ1) is 14.4. The minimum Gasteiger partial charge on any atom is -0.490 e. The largest absolute Gasteiger partial charge is 0.490 e. The number of rotatable bonds is 5. The third-order valence-electron chi connectivity index (χ3n) is 2.57. The van der Waals surface area contributed by atoms with Crippen molar-refractivity contribution in [3.05, 3.63) is 54.1 Å². The molecule has 2 rings (SSSR count). The molecule has 7 heteroatoms. The Kier molecular flexibility index (Phi) is 4.31. The molecule has 0 saturated heterocycles. The number of pyridine rings is 1. The second kappa shape index (κ2) is 5.98. The summed E-state index contributed by atoms with van der Waals surface area (Å²) in [5.41, 5.74) is 0.828. The molecule has 0 fully saturated rings. The zero-order valence-electron chi connectivity index (χ0n) is 10.5. The zero-order chi connectivity index (χ0) is 14.6. The first-order chi connectivity index (χ1) is 9.47. The molecule has 0 unspecified atom stereocenters. The fourth-order valence-electron chi connectivity index (χ4n) is 1.59. The molecule has 106 valence electrons. The molecule has 2 aromatic rings. The molecular weight excluding hydrogens is 283 g/mol. The van der Waals surface area contributed by atoms with Gasteiger partial charge in [0.1, 0.15) is 0 Å². The Bertz CT molecular complexity index is 690. The van der Waals surface area contributed by atoms with Crippen LogP contribution < -0.4 is 9.88 Å². The lowest BCUT2D eigenvalue weighted by atomic mass is 10.3. The van der Waals surface area contributed by atoms with E-state index in [9.17, 15) is 12.8 Å². The Balaban J connectivity index is 2.00. The average Bonchev–Trinajstić information content (AvgIpc) is 2.40. The van der Waals surface area contributed by atoms with E-state index in [1.807, 2.05) is 12.1 Å². The van der Waals surface area contributed by atoms with Crippen molar-refractivity contribution in [1.82, 2.24) is 4.98 Å². The molecule has 1 aromatic heterocycles. The highest BCUT2D eigenvalue weighted by molar-refractivity contribution is 7.89. The second-order valence-corrected chi connectivity index (χ2v) is 5.62. The van der Waals surface area contributed by atoms with Crippen LogP contribution in [0.25, 0.3) is 0 Å². The summed E-state index contributed by atoms with van der Waals surface area (Å²) in [6.45, 7) is 0.239. The summed E-state index contributed by atoms with van der Waals surface area (Å²) in [5, 5.41) is 4.91. The third-order valence-corrected chi connectivity index (χ3v) is 3.48. The number of primary sulfonamides is 1. The van der Waals surface area contributed by atoms with E-state index < -0.39 is 15.8 Å².